The first-order valence-corrected chi connectivity index (χ1v) is 13.0. The predicted molar refractivity (Wildman–Crippen MR) is 143 cm³/mol. The lowest BCUT2D eigenvalue weighted by Gasteiger charge is -2.25. The second-order valence-corrected chi connectivity index (χ2v) is 9.83. The fourth-order valence-corrected chi connectivity index (χ4v) is 5.57. The molecule has 11 heteroatoms. The first-order valence-electron chi connectivity index (χ1n) is 12.2. The zero-order valence-corrected chi connectivity index (χ0v) is 22.4. The summed E-state index contributed by atoms with van der Waals surface area (Å²) in [5.41, 5.74) is 0.245. The van der Waals surface area contributed by atoms with Crippen molar-refractivity contribution < 1.29 is 31.9 Å². The first-order chi connectivity index (χ1) is 19.1. The standard InChI is InChI=1S/C29H23F3N2O5S/c1-4-38-27(36)24-16(2)33-28-34(25(24)20-10-5-6-11-22(20)37-3)26(35)23(40-28)15-19-12-13-21(39-19)17-8-7-9-18(14-17)29(30,31)32/h5-15,25H,4H2,1-3H3/b23-15+/t25-/m1/s1. The molecule has 0 unspecified atom stereocenters. The van der Waals surface area contributed by atoms with Gasteiger partial charge in [0, 0.05) is 17.2 Å². The number of nitrogens with zero attached hydrogens (tertiary/aromatic N) is 2. The third-order valence-electron chi connectivity index (χ3n) is 6.33. The molecular formula is C29H23F3N2O5S. The molecule has 5 rings (SSSR count). The number of allylic oxidation sites excluding steroid dienone is 1. The van der Waals surface area contributed by atoms with Crippen molar-refractivity contribution >= 4 is 23.4 Å². The summed E-state index contributed by atoms with van der Waals surface area (Å²) >= 11 is 1.10. The van der Waals surface area contributed by atoms with Crippen LogP contribution in [0.25, 0.3) is 17.4 Å². The van der Waals surface area contributed by atoms with E-state index in [1.807, 2.05) is 0 Å². The number of fused-ring (bicyclic) bond motifs is 1. The van der Waals surface area contributed by atoms with Gasteiger partial charge >= 0.3 is 12.1 Å². The Hall–Kier alpha value is -4.38. The number of benzene rings is 2. The Balaban J connectivity index is 1.63. The van der Waals surface area contributed by atoms with Crippen LogP contribution < -0.4 is 19.6 Å². The quantitative estimate of drug-likeness (QED) is 0.303. The van der Waals surface area contributed by atoms with Gasteiger partial charge in [-0.15, -0.1) is 0 Å². The summed E-state index contributed by atoms with van der Waals surface area (Å²) in [4.78, 5) is 31.7. The van der Waals surface area contributed by atoms with Crippen LogP contribution in [0.4, 0.5) is 13.2 Å². The van der Waals surface area contributed by atoms with Gasteiger partial charge in [-0.1, -0.05) is 41.7 Å². The summed E-state index contributed by atoms with van der Waals surface area (Å²) < 4.78 is 57.8. The number of rotatable bonds is 6. The molecule has 0 saturated heterocycles. The number of hydrogen-bond donors (Lipinski definition) is 0. The molecule has 0 bridgehead atoms. The summed E-state index contributed by atoms with van der Waals surface area (Å²) in [7, 11) is 1.50. The van der Waals surface area contributed by atoms with E-state index in [2.05, 4.69) is 4.99 Å². The second kappa shape index (κ2) is 10.6. The molecule has 0 N–H and O–H groups in total. The van der Waals surface area contributed by atoms with E-state index >= 15 is 0 Å². The van der Waals surface area contributed by atoms with Crippen LogP contribution in [-0.4, -0.2) is 24.3 Å². The maximum absolute atomic E-state index is 13.8. The minimum atomic E-state index is -4.49. The lowest BCUT2D eigenvalue weighted by atomic mass is 9.95. The molecule has 1 aliphatic heterocycles. The molecule has 4 aromatic rings. The van der Waals surface area contributed by atoms with E-state index in [0.717, 1.165) is 23.5 Å². The summed E-state index contributed by atoms with van der Waals surface area (Å²) in [6.07, 6.45) is -2.98. The fourth-order valence-electron chi connectivity index (χ4n) is 4.54. The van der Waals surface area contributed by atoms with Crippen LogP contribution in [0.15, 0.2) is 86.1 Å². The van der Waals surface area contributed by atoms with Crippen LogP contribution in [0.1, 0.15) is 36.8 Å². The van der Waals surface area contributed by atoms with Crippen LogP contribution in [0.3, 0.4) is 0 Å². The van der Waals surface area contributed by atoms with Gasteiger partial charge in [0.05, 0.1) is 35.1 Å². The number of carbonyl (C=O) groups excluding carboxylic acids is 1. The number of esters is 1. The molecule has 0 amide bonds. The van der Waals surface area contributed by atoms with Gasteiger partial charge in [-0.2, -0.15) is 13.2 Å². The highest BCUT2D eigenvalue weighted by atomic mass is 32.1. The van der Waals surface area contributed by atoms with Crippen LogP contribution in [0, 0.1) is 0 Å². The highest BCUT2D eigenvalue weighted by Gasteiger charge is 2.35. The zero-order valence-electron chi connectivity index (χ0n) is 21.6. The van der Waals surface area contributed by atoms with Gasteiger partial charge in [0.1, 0.15) is 23.3 Å². The Morgan fingerprint density at radius 1 is 1.15 bits per heavy atom. The normalized spacial score (nSPS) is 15.6. The maximum atomic E-state index is 13.8. The number of thiazole rings is 1. The molecule has 1 aliphatic rings. The van der Waals surface area contributed by atoms with Crippen molar-refractivity contribution in [1.82, 2.24) is 4.57 Å². The maximum Gasteiger partial charge on any atom is 0.416 e. The molecule has 2 aromatic heterocycles. The van der Waals surface area contributed by atoms with E-state index < -0.39 is 29.3 Å². The Morgan fingerprint density at radius 2 is 1.93 bits per heavy atom. The molecule has 40 heavy (non-hydrogen) atoms. The number of halogens is 3. The van der Waals surface area contributed by atoms with Gasteiger partial charge in [0.15, 0.2) is 4.80 Å². The van der Waals surface area contributed by atoms with Crippen molar-refractivity contribution in [2.45, 2.75) is 26.1 Å². The SMILES string of the molecule is CCOC(=O)C1=C(C)N=c2s/c(=C/c3ccc(-c4cccc(C(F)(F)F)c4)o3)c(=O)n2[C@@H]1c1ccccc1OC. The molecular weight excluding hydrogens is 545 g/mol. The third-order valence-corrected chi connectivity index (χ3v) is 7.31. The molecule has 0 aliphatic carbocycles. The number of alkyl halides is 3. The molecule has 0 saturated carbocycles. The minimum absolute atomic E-state index is 0.144. The Kier molecular flexibility index (Phi) is 7.24. The molecule has 0 spiro atoms. The van der Waals surface area contributed by atoms with E-state index in [1.54, 1.807) is 50.2 Å². The number of furan rings is 1. The monoisotopic (exact) mass is 568 g/mol. The topological polar surface area (TPSA) is 83.0 Å². The summed E-state index contributed by atoms with van der Waals surface area (Å²) in [6, 6.07) is 14.1. The van der Waals surface area contributed by atoms with Crippen LogP contribution in [-0.2, 0) is 15.7 Å². The molecule has 206 valence electrons. The van der Waals surface area contributed by atoms with E-state index in [-0.39, 0.29) is 33.8 Å². The van der Waals surface area contributed by atoms with Crippen molar-refractivity contribution in [2.24, 2.45) is 4.99 Å². The van der Waals surface area contributed by atoms with E-state index in [1.165, 1.54) is 29.9 Å². The smallest absolute Gasteiger partial charge is 0.416 e. The van der Waals surface area contributed by atoms with Crippen molar-refractivity contribution in [3.63, 3.8) is 0 Å². The molecule has 0 fully saturated rings. The molecule has 2 aromatic carbocycles. The van der Waals surface area contributed by atoms with Crippen molar-refractivity contribution in [3.8, 4) is 17.1 Å². The van der Waals surface area contributed by atoms with Crippen LogP contribution in [0.2, 0.25) is 0 Å². The van der Waals surface area contributed by atoms with E-state index in [4.69, 9.17) is 13.9 Å². The Labute approximate surface area is 230 Å². The molecule has 7 nitrogen and oxygen atoms in total. The number of hydrogen-bond acceptors (Lipinski definition) is 7. The summed E-state index contributed by atoms with van der Waals surface area (Å²) in [6.45, 7) is 3.52. The molecule has 0 radical (unpaired) electrons. The lowest BCUT2D eigenvalue weighted by Crippen LogP contribution is -2.40. The van der Waals surface area contributed by atoms with Crippen LogP contribution >= 0.6 is 11.3 Å². The molecule has 1 atom stereocenters. The second-order valence-electron chi connectivity index (χ2n) is 8.82. The van der Waals surface area contributed by atoms with Gasteiger partial charge in [0.2, 0.25) is 0 Å². The lowest BCUT2D eigenvalue weighted by molar-refractivity contribution is -0.139. The van der Waals surface area contributed by atoms with Gasteiger partial charge in [-0.05, 0) is 44.2 Å². The number of aromatic nitrogens is 1. The third kappa shape index (κ3) is 5.00. The van der Waals surface area contributed by atoms with E-state index in [9.17, 15) is 22.8 Å². The van der Waals surface area contributed by atoms with Gasteiger partial charge in [0.25, 0.3) is 5.56 Å². The summed E-state index contributed by atoms with van der Waals surface area (Å²) in [5.74, 6) is 0.381. The highest BCUT2D eigenvalue weighted by molar-refractivity contribution is 7.07. The minimum Gasteiger partial charge on any atom is -0.496 e. The number of para-hydroxylation sites is 1. The average Bonchev–Trinajstić information content (AvgIpc) is 3.52. The van der Waals surface area contributed by atoms with Crippen LogP contribution in [0.5, 0.6) is 5.75 Å². The number of ether oxygens (including phenoxy) is 2. The summed E-state index contributed by atoms with van der Waals surface area (Å²) in [5, 5.41) is 0. The van der Waals surface area contributed by atoms with Crippen molar-refractivity contribution in [1.29, 1.82) is 0 Å². The molecule has 3 heterocycles. The Bertz CT molecular complexity index is 1810. The van der Waals surface area contributed by atoms with Gasteiger partial charge in [-0.25, -0.2) is 9.79 Å². The number of methoxy groups -OCH3 is 1. The van der Waals surface area contributed by atoms with Gasteiger partial charge in [-0.3, -0.25) is 9.36 Å². The number of carbonyl (C=O) groups is 1. The largest absolute Gasteiger partial charge is 0.496 e. The van der Waals surface area contributed by atoms with Crippen molar-refractivity contribution in [3.05, 3.63) is 109 Å². The Morgan fingerprint density at radius 3 is 2.65 bits per heavy atom. The average molecular weight is 569 g/mol. The first kappa shape index (κ1) is 27.2. The van der Waals surface area contributed by atoms with E-state index in [0.29, 0.717) is 21.8 Å². The zero-order chi connectivity index (χ0) is 28.6. The highest BCUT2D eigenvalue weighted by Crippen LogP contribution is 2.36. The van der Waals surface area contributed by atoms with Crippen molar-refractivity contribution in [2.75, 3.05) is 13.7 Å². The fraction of sp³-hybridized carbons (Fsp3) is 0.207. The van der Waals surface area contributed by atoms with Gasteiger partial charge < -0.3 is 13.9 Å². The predicted octanol–water partition coefficient (Wildman–Crippen LogP) is 5.09.